The highest BCUT2D eigenvalue weighted by Gasteiger charge is 2.32. The van der Waals surface area contributed by atoms with Crippen molar-refractivity contribution in [1.29, 1.82) is 0 Å². The average molecular weight is 212 g/mol. The lowest BCUT2D eigenvalue weighted by Gasteiger charge is -2.32. The van der Waals surface area contributed by atoms with Crippen LogP contribution in [0.15, 0.2) is 0 Å². The summed E-state index contributed by atoms with van der Waals surface area (Å²) in [5.74, 6) is 0.759. The standard InChI is InChI=1S/C13H28N2/c1-11(2)7-15-9-12(3,4)8-14-13(5,6)10-15/h11,14H,7-10H2,1-6H3. The van der Waals surface area contributed by atoms with Gasteiger partial charge in [-0.1, -0.05) is 27.7 Å². The van der Waals surface area contributed by atoms with Crippen molar-refractivity contribution in [3.63, 3.8) is 0 Å². The minimum atomic E-state index is 0.253. The summed E-state index contributed by atoms with van der Waals surface area (Å²) in [6, 6.07) is 0. The molecule has 2 heteroatoms. The van der Waals surface area contributed by atoms with E-state index in [1.165, 1.54) is 13.1 Å². The van der Waals surface area contributed by atoms with Crippen molar-refractivity contribution in [2.45, 2.75) is 47.1 Å². The molecule has 0 saturated carbocycles. The number of nitrogens with one attached hydrogen (secondary N) is 1. The van der Waals surface area contributed by atoms with Crippen LogP contribution in [0, 0.1) is 11.3 Å². The second-order valence-corrected chi connectivity index (χ2v) is 6.97. The van der Waals surface area contributed by atoms with Gasteiger partial charge in [0.1, 0.15) is 0 Å². The van der Waals surface area contributed by atoms with Crippen molar-refractivity contribution in [1.82, 2.24) is 10.2 Å². The summed E-state index contributed by atoms with van der Waals surface area (Å²) in [6.07, 6.45) is 0. The predicted molar refractivity (Wildman–Crippen MR) is 67.1 cm³/mol. The van der Waals surface area contributed by atoms with E-state index >= 15 is 0 Å². The Morgan fingerprint density at radius 2 is 1.73 bits per heavy atom. The molecule has 1 rings (SSSR count). The maximum Gasteiger partial charge on any atom is 0.0252 e. The Bertz CT molecular complexity index is 189. The molecule has 0 amide bonds. The van der Waals surface area contributed by atoms with Gasteiger partial charge in [0.2, 0.25) is 0 Å². The van der Waals surface area contributed by atoms with E-state index in [-0.39, 0.29) is 5.54 Å². The zero-order chi connectivity index (χ0) is 11.7. The van der Waals surface area contributed by atoms with Crippen molar-refractivity contribution < 1.29 is 0 Å². The normalized spacial score (nSPS) is 26.6. The number of hydrogen-bond donors (Lipinski definition) is 1. The Kier molecular flexibility index (Phi) is 3.83. The highest BCUT2D eigenvalue weighted by Crippen LogP contribution is 2.23. The van der Waals surface area contributed by atoms with Gasteiger partial charge >= 0.3 is 0 Å². The van der Waals surface area contributed by atoms with Gasteiger partial charge in [-0.15, -0.1) is 0 Å². The smallest absolute Gasteiger partial charge is 0.0252 e. The van der Waals surface area contributed by atoms with Crippen LogP contribution >= 0.6 is 0 Å². The van der Waals surface area contributed by atoms with Crippen LogP contribution in [0.3, 0.4) is 0 Å². The van der Waals surface area contributed by atoms with E-state index in [1.807, 2.05) is 0 Å². The van der Waals surface area contributed by atoms with Gasteiger partial charge in [-0.25, -0.2) is 0 Å². The van der Waals surface area contributed by atoms with Gasteiger partial charge in [0, 0.05) is 31.7 Å². The maximum atomic E-state index is 3.67. The Morgan fingerprint density at radius 3 is 2.27 bits per heavy atom. The van der Waals surface area contributed by atoms with E-state index in [1.54, 1.807) is 0 Å². The van der Waals surface area contributed by atoms with E-state index in [0.29, 0.717) is 5.41 Å². The molecule has 0 unspecified atom stereocenters. The first-order valence-corrected chi connectivity index (χ1v) is 6.18. The molecule has 0 spiro atoms. The number of nitrogens with zero attached hydrogens (tertiary/aromatic N) is 1. The molecule has 2 nitrogen and oxygen atoms in total. The summed E-state index contributed by atoms with van der Waals surface area (Å²) in [6.45, 7) is 18.6. The van der Waals surface area contributed by atoms with Crippen LogP contribution in [-0.2, 0) is 0 Å². The Balaban J connectivity index is 2.68. The molecule has 0 aromatic carbocycles. The van der Waals surface area contributed by atoms with Crippen LogP contribution in [0.4, 0.5) is 0 Å². The lowest BCUT2D eigenvalue weighted by atomic mass is 9.93. The first kappa shape index (κ1) is 13.0. The van der Waals surface area contributed by atoms with E-state index in [9.17, 15) is 0 Å². The summed E-state index contributed by atoms with van der Waals surface area (Å²) >= 11 is 0. The van der Waals surface area contributed by atoms with Crippen LogP contribution in [0.2, 0.25) is 0 Å². The second kappa shape index (κ2) is 4.42. The summed E-state index contributed by atoms with van der Waals surface area (Å²) in [4.78, 5) is 2.62. The van der Waals surface area contributed by atoms with Gasteiger partial charge in [0.25, 0.3) is 0 Å². The monoisotopic (exact) mass is 212 g/mol. The SMILES string of the molecule is CC(C)CN1CC(C)(C)CNC(C)(C)C1. The summed E-state index contributed by atoms with van der Waals surface area (Å²) in [7, 11) is 0. The molecule has 15 heavy (non-hydrogen) atoms. The van der Waals surface area contributed by atoms with Crippen LogP contribution in [0.25, 0.3) is 0 Å². The summed E-state index contributed by atoms with van der Waals surface area (Å²) in [5.41, 5.74) is 0.644. The van der Waals surface area contributed by atoms with Crippen LogP contribution in [-0.4, -0.2) is 36.6 Å². The molecule has 1 N–H and O–H groups in total. The Morgan fingerprint density at radius 1 is 1.13 bits per heavy atom. The van der Waals surface area contributed by atoms with E-state index < -0.39 is 0 Å². The third-order valence-corrected chi connectivity index (χ3v) is 2.94. The van der Waals surface area contributed by atoms with Crippen LogP contribution in [0.1, 0.15) is 41.5 Å². The third-order valence-electron chi connectivity index (χ3n) is 2.94. The van der Waals surface area contributed by atoms with Crippen LogP contribution < -0.4 is 5.32 Å². The van der Waals surface area contributed by atoms with E-state index in [0.717, 1.165) is 19.0 Å². The zero-order valence-corrected chi connectivity index (χ0v) is 11.4. The fourth-order valence-corrected chi connectivity index (χ4v) is 2.46. The molecule has 0 bridgehead atoms. The Hall–Kier alpha value is -0.0800. The third kappa shape index (κ3) is 4.52. The lowest BCUT2D eigenvalue weighted by molar-refractivity contribution is 0.173. The molecule has 0 aromatic heterocycles. The van der Waals surface area contributed by atoms with E-state index in [4.69, 9.17) is 0 Å². The molecule has 0 atom stereocenters. The fraction of sp³-hybridized carbons (Fsp3) is 1.00. The highest BCUT2D eigenvalue weighted by atomic mass is 15.2. The minimum Gasteiger partial charge on any atom is -0.310 e. The van der Waals surface area contributed by atoms with Crippen molar-refractivity contribution >= 4 is 0 Å². The molecular weight excluding hydrogens is 184 g/mol. The number of hydrogen-bond acceptors (Lipinski definition) is 2. The van der Waals surface area contributed by atoms with Crippen molar-refractivity contribution in [3.8, 4) is 0 Å². The molecule has 90 valence electrons. The van der Waals surface area contributed by atoms with Gasteiger partial charge in [-0.05, 0) is 25.2 Å². The van der Waals surface area contributed by atoms with Crippen molar-refractivity contribution in [2.24, 2.45) is 11.3 Å². The largest absolute Gasteiger partial charge is 0.310 e. The first-order chi connectivity index (χ1) is 6.70. The quantitative estimate of drug-likeness (QED) is 0.756. The maximum absolute atomic E-state index is 3.67. The lowest BCUT2D eigenvalue weighted by Crippen LogP contribution is -2.47. The second-order valence-electron chi connectivity index (χ2n) is 6.97. The van der Waals surface area contributed by atoms with Crippen molar-refractivity contribution in [3.05, 3.63) is 0 Å². The van der Waals surface area contributed by atoms with Gasteiger partial charge in [0.15, 0.2) is 0 Å². The summed E-state index contributed by atoms with van der Waals surface area (Å²) < 4.78 is 0. The predicted octanol–water partition coefficient (Wildman–Crippen LogP) is 2.35. The molecule has 1 fully saturated rings. The van der Waals surface area contributed by atoms with E-state index in [2.05, 4.69) is 51.8 Å². The number of rotatable bonds is 2. The van der Waals surface area contributed by atoms with Crippen molar-refractivity contribution in [2.75, 3.05) is 26.2 Å². The highest BCUT2D eigenvalue weighted by molar-refractivity contribution is 4.91. The minimum absolute atomic E-state index is 0.253. The average Bonchev–Trinajstić information content (AvgIpc) is 2.06. The molecule has 1 aliphatic heterocycles. The Labute approximate surface area is 95.4 Å². The molecular formula is C13H28N2. The topological polar surface area (TPSA) is 15.3 Å². The first-order valence-electron chi connectivity index (χ1n) is 6.18. The molecule has 0 aromatic rings. The molecule has 1 heterocycles. The van der Waals surface area contributed by atoms with Gasteiger partial charge in [-0.2, -0.15) is 0 Å². The van der Waals surface area contributed by atoms with Gasteiger partial charge < -0.3 is 10.2 Å². The fourth-order valence-electron chi connectivity index (χ4n) is 2.46. The van der Waals surface area contributed by atoms with Crippen LogP contribution in [0.5, 0.6) is 0 Å². The van der Waals surface area contributed by atoms with Gasteiger partial charge in [0.05, 0.1) is 0 Å². The zero-order valence-electron chi connectivity index (χ0n) is 11.4. The summed E-state index contributed by atoms with van der Waals surface area (Å²) in [5, 5.41) is 3.67. The van der Waals surface area contributed by atoms with Gasteiger partial charge in [-0.3, -0.25) is 0 Å². The molecule has 0 aliphatic carbocycles. The molecule has 1 saturated heterocycles. The molecule has 1 aliphatic rings. The molecule has 0 radical (unpaired) electrons.